The molecule has 2 aromatic rings. The van der Waals surface area contributed by atoms with E-state index < -0.39 is 25.6 Å². The van der Waals surface area contributed by atoms with E-state index in [1.807, 2.05) is 0 Å². The zero-order valence-electron chi connectivity index (χ0n) is 9.22. The Kier molecular flexibility index (Phi) is 2.83. The van der Waals surface area contributed by atoms with Crippen LogP contribution in [0.5, 0.6) is 0 Å². The molecule has 0 aliphatic rings. The summed E-state index contributed by atoms with van der Waals surface area (Å²) in [5.41, 5.74) is 0. The van der Waals surface area contributed by atoms with Gasteiger partial charge in [0.25, 0.3) is 0 Å². The topological polar surface area (TPSA) is 108 Å². The van der Waals surface area contributed by atoms with Gasteiger partial charge < -0.3 is 10.1 Å². The predicted octanol–water partition coefficient (Wildman–Crippen LogP) is 0.556. The zero-order chi connectivity index (χ0) is 13.3. The molecule has 2 heterocycles. The molecule has 0 radical (unpaired) electrons. The summed E-state index contributed by atoms with van der Waals surface area (Å²) < 4.78 is 25.5. The summed E-state index contributed by atoms with van der Waals surface area (Å²) in [6.07, 6.45) is 2.38. The molecule has 0 unspecified atom stereocenters. The highest BCUT2D eigenvalue weighted by atomic mass is 32.2. The molecule has 0 saturated carbocycles. The lowest BCUT2D eigenvalue weighted by Gasteiger charge is -2.03. The number of hydrogen-bond acceptors (Lipinski definition) is 6. The molecule has 94 valence electrons. The first-order valence-corrected chi connectivity index (χ1v) is 6.24. The Morgan fingerprint density at radius 1 is 1.33 bits per heavy atom. The maximum atomic E-state index is 12.2. The molecule has 2 aromatic heterocycles. The van der Waals surface area contributed by atoms with Crippen LogP contribution < -0.4 is 0 Å². The summed E-state index contributed by atoms with van der Waals surface area (Å²) >= 11 is 0. The van der Waals surface area contributed by atoms with Gasteiger partial charge in [0.1, 0.15) is 0 Å². The van der Waals surface area contributed by atoms with Crippen LogP contribution >= 0.6 is 0 Å². The van der Waals surface area contributed by atoms with E-state index in [-0.39, 0.29) is 5.03 Å². The molecule has 0 bridgehead atoms. The number of nitro groups is 1. The molecule has 0 amide bonds. The SMILES string of the molecule is Cn1cnc([N+](=O)[O-])c1S(=O)(=O)c1ccccn1. The van der Waals surface area contributed by atoms with Crippen LogP contribution in [-0.4, -0.2) is 27.9 Å². The average molecular weight is 268 g/mol. The summed E-state index contributed by atoms with van der Waals surface area (Å²) in [5, 5.41) is 10.0. The summed E-state index contributed by atoms with van der Waals surface area (Å²) in [6, 6.07) is 4.31. The second-order valence-corrected chi connectivity index (χ2v) is 5.22. The van der Waals surface area contributed by atoms with Crippen molar-refractivity contribution < 1.29 is 13.3 Å². The van der Waals surface area contributed by atoms with Gasteiger partial charge >= 0.3 is 5.82 Å². The smallest absolute Gasteiger partial charge is 0.358 e. The maximum absolute atomic E-state index is 12.2. The maximum Gasteiger partial charge on any atom is 0.401 e. The van der Waals surface area contributed by atoms with Crippen LogP contribution in [-0.2, 0) is 16.9 Å². The first-order chi connectivity index (χ1) is 8.44. The lowest BCUT2D eigenvalue weighted by molar-refractivity contribution is -0.392. The van der Waals surface area contributed by atoms with Gasteiger partial charge in [0.15, 0.2) is 5.03 Å². The van der Waals surface area contributed by atoms with Crippen LogP contribution in [0.2, 0.25) is 0 Å². The van der Waals surface area contributed by atoms with Crippen molar-refractivity contribution in [1.29, 1.82) is 0 Å². The molecule has 0 atom stereocenters. The summed E-state index contributed by atoms with van der Waals surface area (Å²) in [5.74, 6) is -0.705. The first-order valence-electron chi connectivity index (χ1n) is 4.76. The van der Waals surface area contributed by atoms with Gasteiger partial charge in [-0.2, -0.15) is 0 Å². The number of imidazole rings is 1. The monoisotopic (exact) mass is 268 g/mol. The Hall–Kier alpha value is -2.29. The van der Waals surface area contributed by atoms with E-state index in [9.17, 15) is 18.5 Å². The number of pyridine rings is 1. The van der Waals surface area contributed by atoms with Crippen molar-refractivity contribution in [2.75, 3.05) is 0 Å². The van der Waals surface area contributed by atoms with E-state index in [1.54, 1.807) is 6.07 Å². The standard InChI is InChI=1S/C9H8N4O4S/c1-12-6-11-8(13(14)15)9(12)18(16,17)7-4-2-3-5-10-7/h2-6H,1H3. The number of nitrogens with zero attached hydrogens (tertiary/aromatic N) is 4. The van der Waals surface area contributed by atoms with Crippen LogP contribution in [0.15, 0.2) is 40.8 Å². The molecule has 0 N–H and O–H groups in total. The van der Waals surface area contributed by atoms with Gasteiger partial charge in [0.2, 0.25) is 21.2 Å². The minimum atomic E-state index is -4.05. The molecule has 9 heteroatoms. The second kappa shape index (κ2) is 4.18. The van der Waals surface area contributed by atoms with Crippen LogP contribution in [0, 0.1) is 10.1 Å². The third-order valence-electron chi connectivity index (χ3n) is 2.21. The average Bonchev–Trinajstić information content (AvgIpc) is 2.73. The number of aryl methyl sites for hydroxylation is 1. The highest BCUT2D eigenvalue weighted by molar-refractivity contribution is 7.91. The van der Waals surface area contributed by atoms with Gasteiger partial charge in [-0.3, -0.25) is 4.57 Å². The number of aromatic nitrogens is 3. The molecule has 0 saturated heterocycles. The van der Waals surface area contributed by atoms with Crippen molar-refractivity contribution in [3.8, 4) is 0 Å². The zero-order valence-corrected chi connectivity index (χ0v) is 10.0. The minimum absolute atomic E-state index is 0.253. The lowest BCUT2D eigenvalue weighted by atomic mass is 10.5. The predicted molar refractivity (Wildman–Crippen MR) is 59.6 cm³/mol. The van der Waals surface area contributed by atoms with Crippen LogP contribution in [0.25, 0.3) is 0 Å². The van der Waals surface area contributed by atoms with Gasteiger partial charge in [-0.25, -0.2) is 13.4 Å². The molecule has 0 aliphatic heterocycles. The fourth-order valence-corrected chi connectivity index (χ4v) is 2.90. The summed E-state index contributed by atoms with van der Waals surface area (Å²) in [6.45, 7) is 0. The highest BCUT2D eigenvalue weighted by Crippen LogP contribution is 2.26. The fraction of sp³-hybridized carbons (Fsp3) is 0.111. The third-order valence-corrected chi connectivity index (χ3v) is 3.98. The second-order valence-electron chi connectivity index (χ2n) is 3.41. The summed E-state index contributed by atoms with van der Waals surface area (Å²) in [7, 11) is -2.68. The largest absolute Gasteiger partial charge is 0.401 e. The molecule has 0 fully saturated rings. The van der Waals surface area contributed by atoms with E-state index in [1.165, 1.54) is 25.4 Å². The quantitative estimate of drug-likeness (QED) is 0.594. The lowest BCUT2D eigenvalue weighted by Crippen LogP contribution is -2.10. The first kappa shape index (κ1) is 12.2. The van der Waals surface area contributed by atoms with Crippen LogP contribution in [0.4, 0.5) is 5.82 Å². The molecule has 0 spiro atoms. The molecular weight excluding hydrogens is 260 g/mol. The van der Waals surface area contributed by atoms with Crippen molar-refractivity contribution in [3.05, 3.63) is 40.8 Å². The molecule has 8 nitrogen and oxygen atoms in total. The Labute approximate surface area is 102 Å². The molecular formula is C9H8N4O4S. The van der Waals surface area contributed by atoms with E-state index in [2.05, 4.69) is 9.97 Å². The normalized spacial score (nSPS) is 11.4. The van der Waals surface area contributed by atoms with Crippen molar-refractivity contribution in [1.82, 2.24) is 14.5 Å². The molecule has 0 aliphatic carbocycles. The minimum Gasteiger partial charge on any atom is -0.358 e. The van der Waals surface area contributed by atoms with Crippen molar-refractivity contribution in [2.24, 2.45) is 7.05 Å². The van der Waals surface area contributed by atoms with Gasteiger partial charge in [0.05, 0.1) is 0 Å². The van der Waals surface area contributed by atoms with Gasteiger partial charge in [-0.15, -0.1) is 0 Å². The highest BCUT2D eigenvalue weighted by Gasteiger charge is 2.33. The van der Waals surface area contributed by atoms with Crippen molar-refractivity contribution >= 4 is 15.7 Å². The van der Waals surface area contributed by atoms with Crippen molar-refractivity contribution in [3.63, 3.8) is 0 Å². The Balaban J connectivity index is 2.69. The Morgan fingerprint density at radius 2 is 2.06 bits per heavy atom. The Morgan fingerprint density at radius 3 is 2.61 bits per heavy atom. The summed E-state index contributed by atoms with van der Waals surface area (Å²) in [4.78, 5) is 17.1. The van der Waals surface area contributed by atoms with Gasteiger partial charge in [0, 0.05) is 13.2 Å². The van der Waals surface area contributed by atoms with Crippen LogP contribution in [0.1, 0.15) is 0 Å². The number of sulfone groups is 1. The fourth-order valence-electron chi connectivity index (χ4n) is 1.45. The van der Waals surface area contributed by atoms with E-state index in [4.69, 9.17) is 0 Å². The van der Waals surface area contributed by atoms with Gasteiger partial charge in [-0.05, 0) is 22.0 Å². The third kappa shape index (κ3) is 1.84. The van der Waals surface area contributed by atoms with Gasteiger partial charge in [-0.1, -0.05) is 6.07 Å². The number of rotatable bonds is 3. The molecule has 18 heavy (non-hydrogen) atoms. The molecule has 2 rings (SSSR count). The van der Waals surface area contributed by atoms with E-state index >= 15 is 0 Å². The van der Waals surface area contributed by atoms with E-state index in [0.717, 1.165) is 10.9 Å². The van der Waals surface area contributed by atoms with Crippen LogP contribution in [0.3, 0.4) is 0 Å². The Bertz CT molecular complexity index is 693. The van der Waals surface area contributed by atoms with E-state index in [0.29, 0.717) is 0 Å². The van der Waals surface area contributed by atoms with Crippen molar-refractivity contribution in [2.45, 2.75) is 10.1 Å². The molecule has 0 aromatic carbocycles. The number of hydrogen-bond donors (Lipinski definition) is 0.